The Kier molecular flexibility index (Phi) is 66.1. The summed E-state index contributed by atoms with van der Waals surface area (Å²) in [5.74, 6) is -2.01. The van der Waals surface area contributed by atoms with Gasteiger partial charge in [-0.25, -0.2) is 4.79 Å². The number of carboxylic acid groups (broad SMARTS) is 1. The molecule has 0 aliphatic rings. The highest BCUT2D eigenvalue weighted by atomic mass is 16.7. The van der Waals surface area contributed by atoms with Crippen LogP contribution in [0.2, 0.25) is 0 Å². The topological polar surface area (TPSA) is 108 Å². The summed E-state index contributed by atoms with van der Waals surface area (Å²) in [6, 6.07) is 0. The van der Waals surface area contributed by atoms with E-state index in [4.69, 9.17) is 18.9 Å². The summed E-state index contributed by atoms with van der Waals surface area (Å²) in [4.78, 5) is 37.7. The summed E-state index contributed by atoms with van der Waals surface area (Å²) in [7, 11) is 5.98. The second-order valence-electron chi connectivity index (χ2n) is 25.9. The number of esters is 2. The molecule has 0 radical (unpaired) electrons. The number of ether oxygens (including phenoxy) is 4. The Morgan fingerprint density at radius 2 is 0.648 bits per heavy atom. The predicted molar refractivity (Wildman–Crippen MR) is 378 cm³/mol. The van der Waals surface area contributed by atoms with Gasteiger partial charge < -0.3 is 28.5 Å². The minimum absolute atomic E-state index is 0.183. The average Bonchev–Trinajstić information content (AvgIpc) is 3.62. The number of carbonyl (C=O) groups excluding carboxylic acids is 2. The number of carboxylic acids is 1. The van der Waals surface area contributed by atoms with Crippen LogP contribution < -0.4 is 0 Å². The number of likely N-dealkylation sites (N-methyl/N-ethyl adjacent to an activating group) is 1. The molecular formula is C79H140NO8+. The fraction of sp³-hybridized carbons (Fsp3) is 0.759. The highest BCUT2D eigenvalue weighted by molar-refractivity contribution is 5.71. The van der Waals surface area contributed by atoms with Crippen molar-refractivity contribution in [2.24, 2.45) is 0 Å². The van der Waals surface area contributed by atoms with Crippen molar-refractivity contribution in [2.75, 3.05) is 47.5 Å². The molecule has 2 unspecified atom stereocenters. The summed E-state index contributed by atoms with van der Waals surface area (Å²) in [6.07, 6.45) is 92.5. The molecule has 0 aromatic rings. The molecule has 0 aromatic heterocycles. The van der Waals surface area contributed by atoms with E-state index in [0.29, 0.717) is 23.9 Å². The van der Waals surface area contributed by atoms with Gasteiger partial charge in [0, 0.05) is 12.8 Å². The van der Waals surface area contributed by atoms with Gasteiger partial charge >= 0.3 is 17.9 Å². The molecule has 9 nitrogen and oxygen atoms in total. The molecule has 2 atom stereocenters. The van der Waals surface area contributed by atoms with Gasteiger partial charge in [-0.1, -0.05) is 336 Å². The molecule has 0 aromatic carbocycles. The number of unbranched alkanes of at least 4 members (excludes halogenated alkanes) is 37. The molecule has 0 amide bonds. The van der Waals surface area contributed by atoms with Gasteiger partial charge in [-0.15, -0.1) is 0 Å². The molecule has 0 aliphatic carbocycles. The van der Waals surface area contributed by atoms with Crippen LogP contribution in [0.25, 0.3) is 0 Å². The van der Waals surface area contributed by atoms with Gasteiger partial charge in [0.05, 0.1) is 34.4 Å². The smallest absolute Gasteiger partial charge is 0.361 e. The van der Waals surface area contributed by atoms with E-state index in [1.807, 2.05) is 21.1 Å². The van der Waals surface area contributed by atoms with E-state index in [-0.39, 0.29) is 32.2 Å². The first-order chi connectivity index (χ1) is 43.1. The van der Waals surface area contributed by atoms with Crippen LogP contribution in [-0.2, 0) is 33.3 Å². The van der Waals surface area contributed by atoms with Crippen molar-refractivity contribution < 1.29 is 42.9 Å². The maximum Gasteiger partial charge on any atom is 0.361 e. The van der Waals surface area contributed by atoms with Gasteiger partial charge in [0.25, 0.3) is 6.29 Å². The van der Waals surface area contributed by atoms with E-state index >= 15 is 0 Å². The molecule has 0 heterocycles. The zero-order valence-corrected chi connectivity index (χ0v) is 58.1. The summed E-state index contributed by atoms with van der Waals surface area (Å²) >= 11 is 0. The number of nitrogens with zero attached hydrogens (tertiary/aromatic N) is 1. The summed E-state index contributed by atoms with van der Waals surface area (Å²) in [5.41, 5.74) is 0. The van der Waals surface area contributed by atoms with Crippen LogP contribution in [0.1, 0.15) is 328 Å². The lowest BCUT2D eigenvalue weighted by atomic mass is 10.0. The molecule has 0 saturated carbocycles. The monoisotopic (exact) mass is 1230 g/mol. The lowest BCUT2D eigenvalue weighted by molar-refractivity contribution is -0.870. The van der Waals surface area contributed by atoms with Gasteiger partial charge in [-0.3, -0.25) is 9.59 Å². The third-order valence-corrected chi connectivity index (χ3v) is 16.1. The molecule has 508 valence electrons. The van der Waals surface area contributed by atoms with E-state index in [0.717, 1.165) is 96.3 Å². The van der Waals surface area contributed by atoms with Crippen molar-refractivity contribution in [3.63, 3.8) is 0 Å². The lowest BCUT2D eigenvalue weighted by Crippen LogP contribution is -2.40. The first-order valence-corrected chi connectivity index (χ1v) is 36.9. The Morgan fingerprint density at radius 3 is 0.966 bits per heavy atom. The van der Waals surface area contributed by atoms with Crippen LogP contribution >= 0.6 is 0 Å². The standard InChI is InChI=1S/C79H139NO8/c1-6-8-10-12-14-16-18-20-22-24-26-28-30-32-34-36-38-39-40-42-44-46-48-50-52-54-56-58-60-62-64-66-68-70-77(82)88-75(74-87-79(78(83)84)85-72-71-80(3,4)5)73-86-76(81)69-67-65-63-61-59-57-55-53-51-49-47-45-43-41-37-35-33-31-29-27-25-23-21-19-17-15-13-11-9-7-2/h8,10,14,16,20,22,26,28,32,34,38-39,42,44,48,50,75,79H,6-7,9,11-13,15,17-19,21,23-25,27,29-31,33,35-37,40-41,43,45-47,49,51-74H2,1-5H3/p+1/b10-8-,16-14-,22-20-,28-26-,34-32-,39-38-,44-42-,50-48-. The zero-order chi connectivity index (χ0) is 64.0. The Morgan fingerprint density at radius 1 is 0.352 bits per heavy atom. The van der Waals surface area contributed by atoms with Gasteiger partial charge in [-0.2, -0.15) is 0 Å². The number of allylic oxidation sites excluding steroid dienone is 16. The Balaban J connectivity index is 4.12. The second kappa shape index (κ2) is 69.1. The van der Waals surface area contributed by atoms with Crippen LogP contribution in [0.15, 0.2) is 97.2 Å². The summed E-state index contributed by atoms with van der Waals surface area (Å²) in [6.45, 7) is 4.79. The largest absolute Gasteiger partial charge is 0.477 e. The number of aliphatic carboxylic acids is 1. The quantitative estimate of drug-likeness (QED) is 0.0211. The molecule has 0 fully saturated rings. The first kappa shape index (κ1) is 84.2. The van der Waals surface area contributed by atoms with Crippen molar-refractivity contribution in [1.29, 1.82) is 0 Å². The van der Waals surface area contributed by atoms with Crippen molar-refractivity contribution in [1.82, 2.24) is 0 Å². The number of carbonyl (C=O) groups is 3. The molecule has 0 saturated heterocycles. The first-order valence-electron chi connectivity index (χ1n) is 36.9. The van der Waals surface area contributed by atoms with Crippen molar-refractivity contribution in [3.05, 3.63) is 97.2 Å². The summed E-state index contributed by atoms with van der Waals surface area (Å²) < 4.78 is 23.0. The highest BCUT2D eigenvalue weighted by Gasteiger charge is 2.25. The lowest BCUT2D eigenvalue weighted by Gasteiger charge is -2.25. The Hall–Kier alpha value is -3.79. The number of quaternary nitrogens is 1. The molecule has 1 N–H and O–H groups in total. The molecule has 0 spiro atoms. The van der Waals surface area contributed by atoms with Crippen LogP contribution in [0.3, 0.4) is 0 Å². The Bertz CT molecular complexity index is 1770. The van der Waals surface area contributed by atoms with E-state index < -0.39 is 24.3 Å². The van der Waals surface area contributed by atoms with Gasteiger partial charge in [0.1, 0.15) is 13.2 Å². The fourth-order valence-electron chi connectivity index (χ4n) is 10.5. The normalized spacial score (nSPS) is 13.2. The molecule has 0 aliphatic heterocycles. The highest BCUT2D eigenvalue weighted by Crippen LogP contribution is 2.18. The number of rotatable bonds is 68. The van der Waals surface area contributed by atoms with E-state index in [2.05, 4.69) is 111 Å². The molecule has 0 bridgehead atoms. The van der Waals surface area contributed by atoms with E-state index in [1.54, 1.807) is 0 Å². The van der Waals surface area contributed by atoms with Crippen molar-refractivity contribution >= 4 is 17.9 Å². The summed E-state index contributed by atoms with van der Waals surface area (Å²) in [5, 5.41) is 9.76. The maximum atomic E-state index is 13.0. The molecular weight excluding hydrogens is 1090 g/mol. The average molecular weight is 1230 g/mol. The van der Waals surface area contributed by atoms with Crippen LogP contribution in [0.5, 0.6) is 0 Å². The van der Waals surface area contributed by atoms with Gasteiger partial charge in [0.15, 0.2) is 6.10 Å². The van der Waals surface area contributed by atoms with Crippen molar-refractivity contribution in [3.8, 4) is 0 Å². The predicted octanol–water partition coefficient (Wildman–Crippen LogP) is 23.2. The SMILES string of the molecule is CC/C=C\C/C=C\C/C=C\C/C=C\C/C=C\C/C=C\C/C=C\C/C=C\CCCCCCCCCCC(=O)OC(COC(=O)CCCCCCCCCCCCCCCCCCCCCCCCCCCCCCCC)COC(OCC[N+](C)(C)C)C(=O)O. The van der Waals surface area contributed by atoms with Gasteiger partial charge in [0.2, 0.25) is 0 Å². The molecule has 0 rings (SSSR count). The third-order valence-electron chi connectivity index (χ3n) is 16.1. The minimum atomic E-state index is -1.52. The fourth-order valence-corrected chi connectivity index (χ4v) is 10.5. The molecule has 9 heteroatoms. The van der Waals surface area contributed by atoms with Crippen molar-refractivity contribution in [2.45, 2.75) is 341 Å². The van der Waals surface area contributed by atoms with Gasteiger partial charge in [-0.05, 0) is 77.0 Å². The third kappa shape index (κ3) is 69.7. The maximum absolute atomic E-state index is 13.0. The van der Waals surface area contributed by atoms with E-state index in [1.165, 1.54) is 199 Å². The molecule has 88 heavy (non-hydrogen) atoms. The van der Waals surface area contributed by atoms with E-state index in [9.17, 15) is 19.5 Å². The minimum Gasteiger partial charge on any atom is -0.477 e. The zero-order valence-electron chi connectivity index (χ0n) is 58.1. The van der Waals surface area contributed by atoms with Crippen LogP contribution in [0.4, 0.5) is 0 Å². The van der Waals surface area contributed by atoms with Crippen LogP contribution in [0, 0.1) is 0 Å². The number of hydrogen-bond acceptors (Lipinski definition) is 7. The number of hydrogen-bond donors (Lipinski definition) is 1. The van der Waals surface area contributed by atoms with Crippen LogP contribution in [-0.4, -0.2) is 87.4 Å². The second-order valence-corrected chi connectivity index (χ2v) is 25.9. The Labute approximate surface area is 543 Å².